The van der Waals surface area contributed by atoms with Crippen LogP contribution >= 0.6 is 27.3 Å². The van der Waals surface area contributed by atoms with Gasteiger partial charge in [0, 0.05) is 17.0 Å². The van der Waals surface area contributed by atoms with Crippen molar-refractivity contribution < 1.29 is 0 Å². The van der Waals surface area contributed by atoms with Crippen LogP contribution in [0.1, 0.15) is 74.8 Å². The second-order valence-corrected chi connectivity index (χ2v) is 9.06. The molecule has 0 aliphatic heterocycles. The first-order valence-electron chi connectivity index (χ1n) is 8.30. The van der Waals surface area contributed by atoms with E-state index < -0.39 is 0 Å². The highest BCUT2D eigenvalue weighted by Gasteiger charge is 2.27. The highest BCUT2D eigenvalue weighted by Crippen LogP contribution is 2.39. The van der Waals surface area contributed by atoms with Gasteiger partial charge in [0.25, 0.3) is 0 Å². The summed E-state index contributed by atoms with van der Waals surface area (Å²) in [6, 6.07) is 3.74. The molecular weight excluding hydrogens is 330 g/mol. The van der Waals surface area contributed by atoms with E-state index in [0.29, 0.717) is 6.04 Å². The number of hydrogen-bond acceptors (Lipinski definition) is 2. The van der Waals surface area contributed by atoms with E-state index in [4.69, 9.17) is 0 Å². The van der Waals surface area contributed by atoms with E-state index in [1.165, 1.54) is 61.6 Å². The van der Waals surface area contributed by atoms with Gasteiger partial charge in [-0.15, -0.1) is 11.3 Å². The maximum atomic E-state index is 3.98. The number of nitrogens with one attached hydrogen (secondary N) is 1. The summed E-state index contributed by atoms with van der Waals surface area (Å²) in [6.45, 7) is 2.32. The number of rotatable bonds is 4. The van der Waals surface area contributed by atoms with Gasteiger partial charge in [-0.1, -0.05) is 19.8 Å². The molecule has 1 saturated carbocycles. The van der Waals surface area contributed by atoms with Crippen molar-refractivity contribution in [2.75, 3.05) is 0 Å². The average molecular weight is 356 g/mol. The molecule has 2 aliphatic carbocycles. The van der Waals surface area contributed by atoms with Gasteiger partial charge in [0.2, 0.25) is 0 Å². The van der Waals surface area contributed by atoms with Crippen molar-refractivity contribution in [1.82, 2.24) is 5.32 Å². The molecule has 3 rings (SSSR count). The van der Waals surface area contributed by atoms with Crippen LogP contribution in [0.15, 0.2) is 9.85 Å². The highest BCUT2D eigenvalue weighted by atomic mass is 79.9. The number of aryl methyl sites for hydroxylation is 1. The highest BCUT2D eigenvalue weighted by molar-refractivity contribution is 9.11. The maximum Gasteiger partial charge on any atom is 0.0704 e. The molecule has 1 atom stereocenters. The largest absolute Gasteiger partial charge is 0.307 e. The number of hydrogen-bond donors (Lipinski definition) is 1. The normalized spacial score (nSPS) is 30.2. The van der Waals surface area contributed by atoms with Crippen LogP contribution in [-0.4, -0.2) is 6.04 Å². The van der Waals surface area contributed by atoms with Gasteiger partial charge in [0.1, 0.15) is 0 Å². The molecule has 3 heteroatoms. The molecule has 1 aromatic heterocycles. The fourth-order valence-corrected chi connectivity index (χ4v) is 5.82. The molecular formula is C17H26BrNS. The Kier molecular flexibility index (Phi) is 5.22. The molecule has 0 aromatic carbocycles. The minimum Gasteiger partial charge on any atom is -0.307 e. The molecule has 2 aliphatic rings. The second-order valence-electron chi connectivity index (χ2n) is 6.55. The monoisotopic (exact) mass is 355 g/mol. The molecule has 20 heavy (non-hydrogen) atoms. The van der Waals surface area contributed by atoms with Crippen LogP contribution < -0.4 is 5.32 Å². The number of fused-ring (bicyclic) bond motifs is 1. The van der Waals surface area contributed by atoms with Crippen LogP contribution in [0.4, 0.5) is 0 Å². The lowest BCUT2D eigenvalue weighted by molar-refractivity contribution is 0.256. The molecule has 112 valence electrons. The Labute approximate surface area is 135 Å². The SMILES string of the molecule is CCCC1CCC(NC2CCCc3sc(Br)cc32)CC1. The van der Waals surface area contributed by atoms with Gasteiger partial charge in [-0.3, -0.25) is 0 Å². The summed E-state index contributed by atoms with van der Waals surface area (Å²) >= 11 is 5.60. The molecule has 1 nitrogen and oxygen atoms in total. The minimum absolute atomic E-state index is 0.619. The van der Waals surface area contributed by atoms with Crippen molar-refractivity contribution in [1.29, 1.82) is 0 Å². The average Bonchev–Trinajstić information content (AvgIpc) is 2.83. The second kappa shape index (κ2) is 6.93. The van der Waals surface area contributed by atoms with Crippen LogP contribution in [-0.2, 0) is 6.42 Å². The lowest BCUT2D eigenvalue weighted by Crippen LogP contribution is -2.37. The summed E-state index contributed by atoms with van der Waals surface area (Å²) in [7, 11) is 0. The van der Waals surface area contributed by atoms with Crippen molar-refractivity contribution in [2.24, 2.45) is 5.92 Å². The first-order valence-corrected chi connectivity index (χ1v) is 9.91. The van der Waals surface area contributed by atoms with E-state index in [1.54, 1.807) is 10.4 Å². The van der Waals surface area contributed by atoms with E-state index in [9.17, 15) is 0 Å². The quantitative estimate of drug-likeness (QED) is 0.715. The Morgan fingerprint density at radius 1 is 1.25 bits per heavy atom. The van der Waals surface area contributed by atoms with E-state index in [-0.39, 0.29) is 0 Å². The summed E-state index contributed by atoms with van der Waals surface area (Å²) in [5.41, 5.74) is 1.59. The van der Waals surface area contributed by atoms with E-state index >= 15 is 0 Å². The molecule has 1 aromatic rings. The Morgan fingerprint density at radius 2 is 2.05 bits per heavy atom. The third-order valence-corrected chi connectivity index (χ3v) is 6.78. The lowest BCUT2D eigenvalue weighted by atomic mass is 9.82. The molecule has 0 radical (unpaired) electrons. The summed E-state index contributed by atoms with van der Waals surface area (Å²) in [5, 5.41) is 3.98. The summed E-state index contributed by atoms with van der Waals surface area (Å²) in [4.78, 5) is 1.61. The van der Waals surface area contributed by atoms with Crippen molar-refractivity contribution in [2.45, 2.75) is 76.8 Å². The first-order chi connectivity index (χ1) is 9.76. The molecule has 0 amide bonds. The maximum absolute atomic E-state index is 3.98. The topological polar surface area (TPSA) is 12.0 Å². The Bertz CT molecular complexity index is 434. The van der Waals surface area contributed by atoms with Crippen LogP contribution in [0, 0.1) is 5.92 Å². The number of thiophene rings is 1. The van der Waals surface area contributed by atoms with Gasteiger partial charge in [0.15, 0.2) is 0 Å². The van der Waals surface area contributed by atoms with Crippen LogP contribution in [0.2, 0.25) is 0 Å². The number of halogens is 1. The summed E-state index contributed by atoms with van der Waals surface area (Å²) in [5.74, 6) is 1.01. The Hall–Kier alpha value is 0.140. The molecule has 1 fully saturated rings. The van der Waals surface area contributed by atoms with Gasteiger partial charge in [-0.05, 0) is 78.4 Å². The summed E-state index contributed by atoms with van der Waals surface area (Å²) in [6.07, 6.45) is 12.4. The van der Waals surface area contributed by atoms with E-state index in [0.717, 1.165) is 12.0 Å². The Balaban J connectivity index is 1.57. The zero-order chi connectivity index (χ0) is 13.9. The third kappa shape index (κ3) is 3.48. The predicted octanol–water partition coefficient (Wildman–Crippen LogP) is 5.84. The Morgan fingerprint density at radius 3 is 2.80 bits per heavy atom. The van der Waals surface area contributed by atoms with Gasteiger partial charge < -0.3 is 5.32 Å². The van der Waals surface area contributed by atoms with E-state index in [2.05, 4.69) is 34.2 Å². The molecule has 1 unspecified atom stereocenters. The van der Waals surface area contributed by atoms with Crippen molar-refractivity contribution in [3.8, 4) is 0 Å². The van der Waals surface area contributed by atoms with Crippen molar-refractivity contribution >= 4 is 27.3 Å². The predicted molar refractivity (Wildman–Crippen MR) is 91.5 cm³/mol. The van der Waals surface area contributed by atoms with Crippen molar-refractivity contribution in [3.63, 3.8) is 0 Å². The minimum atomic E-state index is 0.619. The molecule has 1 heterocycles. The first kappa shape index (κ1) is 15.1. The van der Waals surface area contributed by atoms with Gasteiger partial charge in [-0.2, -0.15) is 0 Å². The van der Waals surface area contributed by atoms with Gasteiger partial charge >= 0.3 is 0 Å². The fraction of sp³-hybridized carbons (Fsp3) is 0.765. The van der Waals surface area contributed by atoms with Crippen LogP contribution in [0.25, 0.3) is 0 Å². The lowest BCUT2D eigenvalue weighted by Gasteiger charge is -2.33. The molecule has 0 saturated heterocycles. The third-order valence-electron chi connectivity index (χ3n) is 5.06. The fourth-order valence-electron chi connectivity index (χ4n) is 4.01. The smallest absolute Gasteiger partial charge is 0.0704 e. The molecule has 1 N–H and O–H groups in total. The van der Waals surface area contributed by atoms with Crippen LogP contribution in [0.3, 0.4) is 0 Å². The summed E-state index contributed by atoms with van der Waals surface area (Å²) < 4.78 is 1.31. The zero-order valence-corrected chi connectivity index (χ0v) is 14.9. The van der Waals surface area contributed by atoms with Gasteiger partial charge in [-0.25, -0.2) is 0 Å². The standard InChI is InChI=1S/C17H26BrNS/c1-2-4-12-7-9-13(10-8-12)19-15-5-3-6-16-14(15)11-17(18)20-16/h11-13,15,19H,2-10H2,1H3. The van der Waals surface area contributed by atoms with Gasteiger partial charge in [0.05, 0.1) is 3.79 Å². The van der Waals surface area contributed by atoms with Crippen LogP contribution in [0.5, 0.6) is 0 Å². The molecule has 0 spiro atoms. The molecule has 0 bridgehead atoms. The zero-order valence-electron chi connectivity index (χ0n) is 12.5. The van der Waals surface area contributed by atoms with Crippen molar-refractivity contribution in [3.05, 3.63) is 20.3 Å². The van der Waals surface area contributed by atoms with E-state index in [1.807, 2.05) is 11.3 Å².